The minimum Gasteiger partial charge on any atom is -0.325 e. The Kier molecular flexibility index (Phi) is 8.77. The highest BCUT2D eigenvalue weighted by molar-refractivity contribution is 7.92. The van der Waals surface area contributed by atoms with Crippen molar-refractivity contribution in [3.63, 3.8) is 0 Å². The minimum atomic E-state index is -4.09. The van der Waals surface area contributed by atoms with E-state index in [1.54, 1.807) is 18.2 Å². The Labute approximate surface area is 229 Å². The molecule has 1 N–H and O–H groups in total. The largest absolute Gasteiger partial charge is 0.325 e. The lowest BCUT2D eigenvalue weighted by Gasteiger charge is -2.24. The van der Waals surface area contributed by atoms with Crippen molar-refractivity contribution >= 4 is 48.9 Å². The Hall–Kier alpha value is -2.92. The molecule has 1 heterocycles. The number of amides is 1. The Morgan fingerprint density at radius 2 is 1.47 bits per heavy atom. The predicted molar refractivity (Wildman–Crippen MR) is 149 cm³/mol. The fourth-order valence-electron chi connectivity index (χ4n) is 4.30. The molecular formula is C27H30ClN3O5S2. The van der Waals surface area contributed by atoms with E-state index in [0.717, 1.165) is 35.6 Å². The van der Waals surface area contributed by atoms with Gasteiger partial charge in [0.1, 0.15) is 6.54 Å². The van der Waals surface area contributed by atoms with Crippen molar-refractivity contribution in [3.8, 4) is 0 Å². The number of carbonyl (C=O) groups excluding carboxylic acids is 1. The van der Waals surface area contributed by atoms with Gasteiger partial charge in [0, 0.05) is 23.8 Å². The summed E-state index contributed by atoms with van der Waals surface area (Å²) in [6.07, 6.45) is 3.71. The third-order valence-corrected chi connectivity index (χ3v) is 10.3. The topological polar surface area (TPSA) is 104 Å². The number of hydrogen-bond acceptors (Lipinski definition) is 5. The second-order valence-corrected chi connectivity index (χ2v) is 13.4. The van der Waals surface area contributed by atoms with Crippen LogP contribution in [-0.4, -0.2) is 46.7 Å². The molecule has 0 spiro atoms. The molecule has 4 rings (SSSR count). The molecule has 0 aromatic heterocycles. The monoisotopic (exact) mass is 575 g/mol. The second kappa shape index (κ2) is 11.9. The number of rotatable bonds is 8. The molecule has 8 nitrogen and oxygen atoms in total. The molecule has 0 saturated carbocycles. The fraction of sp³-hybridized carbons (Fsp3) is 0.296. The number of nitrogens with zero attached hydrogens (tertiary/aromatic N) is 2. The molecule has 0 radical (unpaired) electrons. The van der Waals surface area contributed by atoms with Crippen LogP contribution in [0.25, 0.3) is 0 Å². The molecule has 1 aliphatic rings. The molecule has 3 aromatic rings. The van der Waals surface area contributed by atoms with Crippen molar-refractivity contribution < 1.29 is 21.6 Å². The van der Waals surface area contributed by atoms with Gasteiger partial charge < -0.3 is 5.32 Å². The Bertz CT molecular complexity index is 1480. The molecule has 38 heavy (non-hydrogen) atoms. The van der Waals surface area contributed by atoms with E-state index in [1.165, 1.54) is 52.8 Å². The van der Waals surface area contributed by atoms with E-state index >= 15 is 0 Å². The summed E-state index contributed by atoms with van der Waals surface area (Å²) < 4.78 is 55.6. The van der Waals surface area contributed by atoms with Gasteiger partial charge in [-0.2, -0.15) is 4.31 Å². The van der Waals surface area contributed by atoms with Gasteiger partial charge in [-0.1, -0.05) is 36.6 Å². The summed E-state index contributed by atoms with van der Waals surface area (Å²) in [5.74, 6) is -0.577. The quantitative estimate of drug-likeness (QED) is 0.405. The summed E-state index contributed by atoms with van der Waals surface area (Å²) in [6.45, 7) is 2.34. The highest BCUT2D eigenvalue weighted by Crippen LogP contribution is 2.26. The molecule has 202 valence electrons. The lowest BCUT2D eigenvalue weighted by atomic mass is 10.2. The zero-order valence-electron chi connectivity index (χ0n) is 21.0. The number of benzene rings is 3. The molecule has 3 aromatic carbocycles. The van der Waals surface area contributed by atoms with E-state index in [1.807, 2.05) is 13.0 Å². The van der Waals surface area contributed by atoms with Gasteiger partial charge in [-0.25, -0.2) is 16.8 Å². The highest BCUT2D eigenvalue weighted by Gasteiger charge is 2.28. The van der Waals surface area contributed by atoms with Crippen LogP contribution in [0.3, 0.4) is 0 Å². The van der Waals surface area contributed by atoms with Crippen LogP contribution in [0, 0.1) is 6.92 Å². The van der Waals surface area contributed by atoms with Crippen LogP contribution in [0.15, 0.2) is 82.6 Å². The van der Waals surface area contributed by atoms with Crippen LogP contribution in [0.1, 0.15) is 31.2 Å². The van der Waals surface area contributed by atoms with Gasteiger partial charge in [0.05, 0.1) is 15.5 Å². The smallest absolute Gasteiger partial charge is 0.264 e. The Morgan fingerprint density at radius 3 is 2.08 bits per heavy atom. The van der Waals surface area contributed by atoms with Gasteiger partial charge in [-0.15, -0.1) is 0 Å². The Morgan fingerprint density at radius 1 is 0.868 bits per heavy atom. The van der Waals surface area contributed by atoms with Crippen molar-refractivity contribution in [2.75, 3.05) is 29.3 Å². The van der Waals surface area contributed by atoms with Crippen LogP contribution >= 0.6 is 11.6 Å². The molecule has 0 unspecified atom stereocenters. The van der Waals surface area contributed by atoms with Gasteiger partial charge in [-0.3, -0.25) is 9.10 Å². The van der Waals surface area contributed by atoms with E-state index in [0.29, 0.717) is 29.5 Å². The number of sulfonamides is 2. The minimum absolute atomic E-state index is 0.000668. The Balaban J connectivity index is 1.53. The first-order valence-electron chi connectivity index (χ1n) is 12.3. The number of carbonyl (C=O) groups is 1. The second-order valence-electron chi connectivity index (χ2n) is 9.20. The summed E-state index contributed by atoms with van der Waals surface area (Å²) in [6, 6.07) is 18.5. The molecule has 1 amide bonds. The number of hydrogen-bond donors (Lipinski definition) is 1. The molecule has 0 bridgehead atoms. The van der Waals surface area contributed by atoms with Gasteiger partial charge in [0.25, 0.3) is 10.0 Å². The van der Waals surface area contributed by atoms with E-state index in [2.05, 4.69) is 5.32 Å². The lowest BCUT2D eigenvalue weighted by molar-refractivity contribution is -0.114. The lowest BCUT2D eigenvalue weighted by Crippen LogP contribution is -2.38. The van der Waals surface area contributed by atoms with Crippen molar-refractivity contribution in [1.82, 2.24) is 4.31 Å². The van der Waals surface area contributed by atoms with Gasteiger partial charge in [0.15, 0.2) is 0 Å². The average Bonchev–Trinajstić information content (AvgIpc) is 3.18. The van der Waals surface area contributed by atoms with Gasteiger partial charge in [0.2, 0.25) is 15.9 Å². The summed E-state index contributed by atoms with van der Waals surface area (Å²) in [7, 11) is -7.71. The highest BCUT2D eigenvalue weighted by atomic mass is 35.5. The van der Waals surface area contributed by atoms with Crippen molar-refractivity contribution in [2.45, 2.75) is 42.4 Å². The van der Waals surface area contributed by atoms with E-state index < -0.39 is 32.5 Å². The van der Waals surface area contributed by atoms with Crippen LogP contribution in [-0.2, 0) is 24.8 Å². The van der Waals surface area contributed by atoms with Crippen LogP contribution < -0.4 is 9.62 Å². The fourth-order valence-corrected chi connectivity index (χ4v) is 7.36. The molecule has 11 heteroatoms. The van der Waals surface area contributed by atoms with Crippen molar-refractivity contribution in [2.24, 2.45) is 0 Å². The van der Waals surface area contributed by atoms with Gasteiger partial charge >= 0.3 is 0 Å². The SMILES string of the molecule is Cc1cccc(N(CC(=O)Nc2ccc(S(=O)(=O)N3CCCCCC3)cc2)S(=O)(=O)c2ccc(Cl)cc2)c1. The number of anilines is 2. The zero-order valence-corrected chi connectivity index (χ0v) is 23.4. The predicted octanol–water partition coefficient (Wildman–Crippen LogP) is 5.05. The first-order valence-corrected chi connectivity index (χ1v) is 15.6. The summed E-state index contributed by atoms with van der Waals surface area (Å²) in [5.41, 5.74) is 1.53. The van der Waals surface area contributed by atoms with Crippen LogP contribution in [0.5, 0.6) is 0 Å². The normalized spacial score (nSPS) is 15.0. The first kappa shape index (κ1) is 28.1. The van der Waals surface area contributed by atoms with Crippen LogP contribution in [0.4, 0.5) is 11.4 Å². The maximum absolute atomic E-state index is 13.5. The molecule has 0 aliphatic carbocycles. The summed E-state index contributed by atoms with van der Waals surface area (Å²) >= 11 is 5.93. The summed E-state index contributed by atoms with van der Waals surface area (Å²) in [5, 5.41) is 3.08. The van der Waals surface area contributed by atoms with Crippen molar-refractivity contribution in [1.29, 1.82) is 0 Å². The van der Waals surface area contributed by atoms with E-state index in [4.69, 9.17) is 11.6 Å². The van der Waals surface area contributed by atoms with Crippen molar-refractivity contribution in [3.05, 3.63) is 83.4 Å². The maximum atomic E-state index is 13.5. The number of aryl methyl sites for hydroxylation is 1. The number of halogens is 1. The standard InChI is InChI=1S/C27H30ClN3O5S2/c1-21-7-6-8-24(19-21)31(38(35,36)26-13-9-22(28)10-14-26)20-27(32)29-23-11-15-25(16-12-23)37(33,34)30-17-4-2-3-5-18-30/h6-16,19H,2-5,17-18,20H2,1H3,(H,29,32). The number of nitrogens with one attached hydrogen (secondary N) is 1. The first-order chi connectivity index (χ1) is 18.1. The van der Waals surface area contributed by atoms with E-state index in [9.17, 15) is 21.6 Å². The molecule has 0 atom stereocenters. The third kappa shape index (κ3) is 6.55. The molecule has 1 aliphatic heterocycles. The molecular weight excluding hydrogens is 546 g/mol. The third-order valence-electron chi connectivity index (χ3n) is 6.32. The zero-order chi connectivity index (χ0) is 27.3. The maximum Gasteiger partial charge on any atom is 0.264 e. The van der Waals surface area contributed by atoms with Gasteiger partial charge in [-0.05, 0) is 86.0 Å². The van der Waals surface area contributed by atoms with Crippen LogP contribution in [0.2, 0.25) is 5.02 Å². The average molecular weight is 576 g/mol. The molecule has 1 saturated heterocycles. The summed E-state index contributed by atoms with van der Waals surface area (Å²) in [4.78, 5) is 13.2. The molecule has 1 fully saturated rings. The van der Waals surface area contributed by atoms with E-state index in [-0.39, 0.29) is 9.79 Å².